The van der Waals surface area contributed by atoms with E-state index in [4.69, 9.17) is 0 Å². The van der Waals surface area contributed by atoms with E-state index in [2.05, 4.69) is 6.08 Å². The second-order valence-corrected chi connectivity index (χ2v) is 1.31. The van der Waals surface area contributed by atoms with Crippen LogP contribution in [0.3, 0.4) is 0 Å². The number of allylic oxidation sites excluding steroid dienone is 2. The predicted octanol–water partition coefficient (Wildman–Crippen LogP) is 1.76. The Balaban J connectivity index is -0.000000180. The molecule has 0 N–H and O–H groups in total. The molecule has 0 aliphatic heterocycles. The Morgan fingerprint density at radius 1 is 1.67 bits per heavy atom. The van der Waals surface area contributed by atoms with Crippen LogP contribution >= 0.6 is 12.4 Å². The summed E-state index contributed by atoms with van der Waals surface area (Å²) in [4.78, 5) is 10.1. The first kappa shape index (κ1) is 16.2. The molecule has 0 saturated heterocycles. The SMILES string of the molecule is CCC=[C-]C(C)=O.Cl.[Pd]. The first-order valence-electron chi connectivity index (χ1n) is 2.36. The van der Waals surface area contributed by atoms with Crippen molar-refractivity contribution in [2.24, 2.45) is 0 Å². The third-order valence-electron chi connectivity index (χ3n) is 0.509. The van der Waals surface area contributed by atoms with Crippen molar-refractivity contribution in [3.8, 4) is 0 Å². The minimum atomic E-state index is 0. The maximum Gasteiger partial charge on any atom is 0 e. The van der Waals surface area contributed by atoms with Crippen molar-refractivity contribution in [2.45, 2.75) is 20.3 Å². The number of ketones is 1. The molecule has 58 valence electrons. The van der Waals surface area contributed by atoms with Crippen molar-refractivity contribution in [2.75, 3.05) is 0 Å². The van der Waals surface area contributed by atoms with Gasteiger partial charge in [0.05, 0.1) is 0 Å². The fourth-order valence-corrected chi connectivity index (χ4v) is 0.246. The van der Waals surface area contributed by atoms with E-state index in [0.717, 1.165) is 6.42 Å². The van der Waals surface area contributed by atoms with Crippen molar-refractivity contribution in [3.05, 3.63) is 12.2 Å². The Labute approximate surface area is 76.0 Å². The molecule has 0 aromatic rings. The number of hydrogen-bond acceptors (Lipinski definition) is 1. The maximum absolute atomic E-state index is 10.1. The van der Waals surface area contributed by atoms with E-state index in [9.17, 15) is 4.79 Å². The monoisotopic (exact) mass is 239 g/mol. The van der Waals surface area contributed by atoms with Crippen LogP contribution in [-0.2, 0) is 25.2 Å². The molecule has 0 unspecified atom stereocenters. The summed E-state index contributed by atoms with van der Waals surface area (Å²) in [6.07, 6.45) is 5.14. The summed E-state index contributed by atoms with van der Waals surface area (Å²) in [7, 11) is 0. The number of carbonyl (C=O) groups excluding carboxylic acids is 1. The van der Waals surface area contributed by atoms with Crippen molar-refractivity contribution >= 4 is 18.2 Å². The van der Waals surface area contributed by atoms with E-state index < -0.39 is 0 Å². The first-order chi connectivity index (χ1) is 3.27. The van der Waals surface area contributed by atoms with Crippen molar-refractivity contribution < 1.29 is 25.2 Å². The number of halogens is 1. The van der Waals surface area contributed by atoms with Crippen LogP contribution in [0.4, 0.5) is 0 Å². The number of Topliss-reactive ketones (excluding diaryl/α,β-unsaturated/α-hetero) is 1. The average Bonchev–Trinajstić information content (AvgIpc) is 1.61. The molecular weight excluding hydrogens is 230 g/mol. The van der Waals surface area contributed by atoms with Gasteiger partial charge in [0.15, 0.2) is 0 Å². The largest absolute Gasteiger partial charge is 0.431 e. The van der Waals surface area contributed by atoms with Gasteiger partial charge in [-0.15, -0.1) is 12.4 Å². The minimum absolute atomic E-state index is 0. The molecule has 0 radical (unpaired) electrons. The van der Waals surface area contributed by atoms with Crippen molar-refractivity contribution in [1.29, 1.82) is 0 Å². The summed E-state index contributed by atoms with van der Waals surface area (Å²) >= 11 is 0. The van der Waals surface area contributed by atoms with Gasteiger partial charge in [-0.05, 0) is 12.7 Å². The van der Waals surface area contributed by atoms with E-state index in [-0.39, 0.29) is 38.6 Å². The Morgan fingerprint density at radius 2 is 2.11 bits per heavy atom. The molecule has 0 aliphatic carbocycles. The van der Waals surface area contributed by atoms with Crippen LogP contribution in [-0.4, -0.2) is 5.78 Å². The van der Waals surface area contributed by atoms with E-state index in [0.29, 0.717) is 0 Å². The smallest absolute Gasteiger partial charge is 0 e. The van der Waals surface area contributed by atoms with Gasteiger partial charge in [0, 0.05) is 20.4 Å². The fourth-order valence-electron chi connectivity index (χ4n) is 0.246. The van der Waals surface area contributed by atoms with Gasteiger partial charge < -0.3 is 10.9 Å². The Morgan fingerprint density at radius 3 is 2.22 bits per heavy atom. The molecule has 0 aliphatic rings. The zero-order chi connectivity index (χ0) is 5.70. The van der Waals surface area contributed by atoms with Gasteiger partial charge in [-0.2, -0.15) is 0 Å². The quantitative estimate of drug-likeness (QED) is 0.408. The molecule has 3 heteroatoms. The van der Waals surface area contributed by atoms with Gasteiger partial charge in [0.1, 0.15) is 0 Å². The van der Waals surface area contributed by atoms with Crippen LogP contribution in [0, 0.1) is 6.08 Å². The fraction of sp³-hybridized carbons (Fsp3) is 0.500. The summed E-state index contributed by atoms with van der Waals surface area (Å²) < 4.78 is 0. The van der Waals surface area contributed by atoms with E-state index in [1.54, 1.807) is 6.08 Å². The number of hydrogen-bond donors (Lipinski definition) is 0. The van der Waals surface area contributed by atoms with Gasteiger partial charge in [-0.25, -0.2) is 0 Å². The molecule has 0 heterocycles. The molecule has 9 heavy (non-hydrogen) atoms. The Hall–Kier alpha value is 0.362. The second kappa shape index (κ2) is 11.2. The van der Waals surface area contributed by atoms with Crippen LogP contribution in [0.1, 0.15) is 20.3 Å². The van der Waals surface area contributed by atoms with Gasteiger partial charge in [0.2, 0.25) is 0 Å². The standard InChI is InChI=1S/C6H9O.ClH.Pd/c1-3-4-5-6(2)7;;/h4H,3H2,1-2H3;1H;/q-1;;. The zero-order valence-electron chi connectivity index (χ0n) is 5.42. The molecule has 0 saturated carbocycles. The van der Waals surface area contributed by atoms with Crippen molar-refractivity contribution in [3.63, 3.8) is 0 Å². The van der Waals surface area contributed by atoms with Gasteiger partial charge in [-0.1, -0.05) is 13.3 Å². The molecule has 0 rings (SSSR count). The summed E-state index contributed by atoms with van der Waals surface area (Å²) in [5.74, 6) is 0.00171. The third-order valence-corrected chi connectivity index (χ3v) is 0.509. The van der Waals surface area contributed by atoms with E-state index in [1.807, 2.05) is 6.92 Å². The van der Waals surface area contributed by atoms with Crippen molar-refractivity contribution in [1.82, 2.24) is 0 Å². The summed E-state index contributed by atoms with van der Waals surface area (Å²) in [6, 6.07) is 0. The molecular formula is C6H10ClOPd-. The third kappa shape index (κ3) is 17.8. The summed E-state index contributed by atoms with van der Waals surface area (Å²) in [5.41, 5.74) is 0. The Kier molecular flexibility index (Phi) is 20.1. The van der Waals surface area contributed by atoms with Crippen LogP contribution in [0.25, 0.3) is 0 Å². The van der Waals surface area contributed by atoms with Crippen LogP contribution in [0.5, 0.6) is 0 Å². The van der Waals surface area contributed by atoms with Crippen LogP contribution in [0.2, 0.25) is 0 Å². The molecule has 0 atom stereocenters. The Bertz CT molecular complexity index is 91.1. The number of rotatable bonds is 2. The molecule has 0 fully saturated rings. The molecule has 1 nitrogen and oxygen atoms in total. The molecule has 0 spiro atoms. The molecule has 0 bridgehead atoms. The molecule has 0 aromatic carbocycles. The zero-order valence-corrected chi connectivity index (χ0v) is 7.79. The van der Waals surface area contributed by atoms with Crippen LogP contribution in [0.15, 0.2) is 6.08 Å². The minimum Gasteiger partial charge on any atom is -0.431 e. The van der Waals surface area contributed by atoms with Gasteiger partial charge >= 0.3 is 0 Å². The van der Waals surface area contributed by atoms with E-state index in [1.165, 1.54) is 6.92 Å². The summed E-state index contributed by atoms with van der Waals surface area (Å²) in [5, 5.41) is 0. The van der Waals surface area contributed by atoms with Gasteiger partial charge in [-0.3, -0.25) is 6.08 Å². The second-order valence-electron chi connectivity index (χ2n) is 1.31. The molecule has 0 amide bonds. The van der Waals surface area contributed by atoms with Crippen LogP contribution < -0.4 is 0 Å². The maximum atomic E-state index is 10.1. The average molecular weight is 240 g/mol. The number of carbonyl (C=O) groups is 1. The first-order valence-corrected chi connectivity index (χ1v) is 2.36. The van der Waals surface area contributed by atoms with Gasteiger partial charge in [0.25, 0.3) is 0 Å². The van der Waals surface area contributed by atoms with E-state index >= 15 is 0 Å². The summed E-state index contributed by atoms with van der Waals surface area (Å²) in [6.45, 7) is 3.46. The topological polar surface area (TPSA) is 17.1 Å². The molecule has 0 aromatic heterocycles. The normalized spacial score (nSPS) is 7.78. The predicted molar refractivity (Wildman–Crippen MR) is 36.0 cm³/mol.